The molecule has 82 valence electrons. The van der Waals surface area contributed by atoms with Gasteiger partial charge in [0.05, 0.1) is 11.7 Å². The van der Waals surface area contributed by atoms with Crippen LogP contribution in [0, 0.1) is 11.5 Å². The molecule has 0 spiro atoms. The van der Waals surface area contributed by atoms with Crippen molar-refractivity contribution in [2.45, 2.75) is 19.6 Å². The number of aromatic nitrogens is 2. The lowest BCUT2D eigenvalue weighted by Gasteiger charge is -2.04. The summed E-state index contributed by atoms with van der Waals surface area (Å²) in [5, 5.41) is 0. The fourth-order valence-electron chi connectivity index (χ4n) is 1.21. The van der Waals surface area contributed by atoms with Crippen LogP contribution in [0.3, 0.4) is 0 Å². The molecule has 2 N–H and O–H groups in total. The molecule has 3 nitrogen and oxygen atoms in total. The molecular formula is C11H13N3SSi. The van der Waals surface area contributed by atoms with Crippen molar-refractivity contribution in [2.75, 3.05) is 5.73 Å². The zero-order valence-corrected chi connectivity index (χ0v) is 11.4. The Kier molecular flexibility index (Phi) is 2.70. The van der Waals surface area contributed by atoms with Gasteiger partial charge in [0, 0.05) is 11.3 Å². The monoisotopic (exact) mass is 247 g/mol. The molecule has 0 saturated carbocycles. The van der Waals surface area contributed by atoms with Gasteiger partial charge >= 0.3 is 0 Å². The van der Waals surface area contributed by atoms with Crippen molar-refractivity contribution in [1.82, 2.24) is 8.75 Å². The lowest BCUT2D eigenvalue weighted by Crippen LogP contribution is -2.16. The van der Waals surface area contributed by atoms with E-state index in [0.29, 0.717) is 5.69 Å². The SMILES string of the molecule is C[Si](C)(C)C#Cc1cc2nsnc2cc1N. The van der Waals surface area contributed by atoms with Crippen molar-refractivity contribution < 1.29 is 0 Å². The van der Waals surface area contributed by atoms with Gasteiger partial charge in [-0.3, -0.25) is 0 Å². The number of nitrogens with zero attached hydrogens (tertiary/aromatic N) is 2. The van der Waals surface area contributed by atoms with Crippen LogP contribution in [0.5, 0.6) is 0 Å². The third kappa shape index (κ3) is 2.40. The number of nitrogen functional groups attached to an aromatic ring is 1. The van der Waals surface area contributed by atoms with Gasteiger partial charge in [0.2, 0.25) is 0 Å². The molecule has 0 aliphatic rings. The molecule has 0 saturated heterocycles. The van der Waals surface area contributed by atoms with E-state index in [1.54, 1.807) is 0 Å². The first kappa shape index (κ1) is 11.1. The fraction of sp³-hybridized carbons (Fsp3) is 0.273. The van der Waals surface area contributed by atoms with Gasteiger partial charge in [-0.05, 0) is 12.1 Å². The van der Waals surface area contributed by atoms with Crippen LogP contribution in [0.1, 0.15) is 5.56 Å². The Bertz CT molecular complexity index is 587. The predicted molar refractivity (Wildman–Crippen MR) is 72.1 cm³/mol. The largest absolute Gasteiger partial charge is 0.398 e. The molecule has 1 aromatic heterocycles. The van der Waals surface area contributed by atoms with Gasteiger partial charge in [0.1, 0.15) is 19.1 Å². The molecule has 0 bridgehead atoms. The zero-order valence-electron chi connectivity index (χ0n) is 9.53. The summed E-state index contributed by atoms with van der Waals surface area (Å²) in [5.41, 5.74) is 12.5. The highest BCUT2D eigenvalue weighted by Gasteiger charge is 2.08. The second-order valence-corrected chi connectivity index (χ2v) is 9.97. The second-order valence-electron chi connectivity index (χ2n) is 4.69. The van der Waals surface area contributed by atoms with E-state index in [1.165, 1.54) is 11.7 Å². The number of fused-ring (bicyclic) bond motifs is 1. The summed E-state index contributed by atoms with van der Waals surface area (Å²) in [5.74, 6) is 3.16. The molecule has 2 aromatic rings. The van der Waals surface area contributed by atoms with E-state index in [9.17, 15) is 0 Å². The molecule has 0 fully saturated rings. The van der Waals surface area contributed by atoms with Crippen molar-refractivity contribution in [2.24, 2.45) is 0 Å². The third-order valence-corrected chi connectivity index (χ3v) is 3.43. The van der Waals surface area contributed by atoms with Crippen LogP contribution in [0.4, 0.5) is 5.69 Å². The van der Waals surface area contributed by atoms with Gasteiger partial charge in [-0.15, -0.1) is 5.54 Å². The van der Waals surface area contributed by atoms with E-state index in [-0.39, 0.29) is 0 Å². The smallest absolute Gasteiger partial charge is 0.129 e. The third-order valence-electron chi connectivity index (χ3n) is 2.00. The van der Waals surface area contributed by atoms with Crippen molar-refractivity contribution in [3.05, 3.63) is 17.7 Å². The maximum atomic E-state index is 5.92. The summed E-state index contributed by atoms with van der Waals surface area (Å²) in [6, 6.07) is 3.76. The first-order chi connectivity index (χ1) is 7.46. The Morgan fingerprint density at radius 3 is 2.44 bits per heavy atom. The summed E-state index contributed by atoms with van der Waals surface area (Å²) < 4.78 is 8.32. The Morgan fingerprint density at radius 1 is 1.19 bits per heavy atom. The number of benzene rings is 1. The highest BCUT2D eigenvalue weighted by molar-refractivity contribution is 7.00. The van der Waals surface area contributed by atoms with Crippen molar-refractivity contribution in [3.8, 4) is 11.5 Å². The van der Waals surface area contributed by atoms with Crippen LogP contribution in [0.2, 0.25) is 19.6 Å². The summed E-state index contributed by atoms with van der Waals surface area (Å²) in [6.45, 7) is 6.62. The maximum Gasteiger partial charge on any atom is 0.129 e. The zero-order chi connectivity index (χ0) is 11.8. The second kappa shape index (κ2) is 3.89. The Hall–Kier alpha value is -1.38. The van der Waals surface area contributed by atoms with E-state index in [1.807, 2.05) is 12.1 Å². The number of nitrogens with two attached hydrogens (primary N) is 1. The van der Waals surface area contributed by atoms with Crippen molar-refractivity contribution in [3.63, 3.8) is 0 Å². The lowest BCUT2D eigenvalue weighted by atomic mass is 10.1. The van der Waals surface area contributed by atoms with Crippen molar-refractivity contribution in [1.29, 1.82) is 0 Å². The minimum absolute atomic E-state index is 0.686. The van der Waals surface area contributed by atoms with Crippen LogP contribution in [-0.4, -0.2) is 16.8 Å². The van der Waals surface area contributed by atoms with Gasteiger partial charge in [-0.25, -0.2) is 0 Å². The van der Waals surface area contributed by atoms with Gasteiger partial charge in [-0.1, -0.05) is 25.6 Å². The molecule has 16 heavy (non-hydrogen) atoms. The topological polar surface area (TPSA) is 51.8 Å². The van der Waals surface area contributed by atoms with E-state index < -0.39 is 8.07 Å². The summed E-state index contributed by atoms with van der Waals surface area (Å²) in [6.07, 6.45) is 0. The molecule has 0 aliphatic heterocycles. The molecule has 1 heterocycles. The van der Waals surface area contributed by atoms with E-state index in [0.717, 1.165) is 16.6 Å². The molecule has 5 heteroatoms. The normalized spacial score (nSPS) is 11.2. The van der Waals surface area contributed by atoms with E-state index in [2.05, 4.69) is 39.9 Å². The van der Waals surface area contributed by atoms with Gasteiger partial charge in [0.15, 0.2) is 0 Å². The first-order valence-corrected chi connectivity index (χ1v) is 9.24. The molecule has 0 atom stereocenters. The predicted octanol–water partition coefficient (Wildman–Crippen LogP) is 2.50. The fourth-order valence-corrected chi connectivity index (χ4v) is 2.23. The van der Waals surface area contributed by atoms with Gasteiger partial charge in [-0.2, -0.15) is 8.75 Å². The summed E-state index contributed by atoms with van der Waals surface area (Å²) in [7, 11) is -1.36. The molecular weight excluding hydrogens is 234 g/mol. The van der Waals surface area contributed by atoms with E-state index >= 15 is 0 Å². The Balaban J connectivity index is 2.50. The average Bonchev–Trinajstić information content (AvgIpc) is 2.59. The minimum atomic E-state index is -1.36. The lowest BCUT2D eigenvalue weighted by molar-refractivity contribution is 1.60. The Morgan fingerprint density at radius 2 is 1.81 bits per heavy atom. The molecule has 0 aliphatic carbocycles. The van der Waals surface area contributed by atoms with Gasteiger partial charge in [0.25, 0.3) is 0 Å². The first-order valence-electron chi connectivity index (χ1n) is 5.01. The number of anilines is 1. The number of hydrogen-bond acceptors (Lipinski definition) is 4. The molecule has 2 rings (SSSR count). The highest BCUT2D eigenvalue weighted by atomic mass is 32.1. The number of hydrogen-bond donors (Lipinski definition) is 1. The average molecular weight is 247 g/mol. The van der Waals surface area contributed by atoms with Crippen LogP contribution < -0.4 is 5.73 Å². The van der Waals surface area contributed by atoms with E-state index in [4.69, 9.17) is 5.73 Å². The van der Waals surface area contributed by atoms with Crippen molar-refractivity contribution >= 4 is 36.5 Å². The molecule has 0 radical (unpaired) electrons. The quantitative estimate of drug-likeness (QED) is 0.442. The molecule has 0 unspecified atom stereocenters. The molecule has 1 aromatic carbocycles. The summed E-state index contributed by atoms with van der Waals surface area (Å²) >= 11 is 1.20. The van der Waals surface area contributed by atoms with Crippen LogP contribution in [0.15, 0.2) is 12.1 Å². The summed E-state index contributed by atoms with van der Waals surface area (Å²) in [4.78, 5) is 0. The maximum absolute atomic E-state index is 5.92. The van der Waals surface area contributed by atoms with Gasteiger partial charge < -0.3 is 5.73 Å². The number of rotatable bonds is 0. The minimum Gasteiger partial charge on any atom is -0.398 e. The Labute approximate surface area is 100 Å². The van der Waals surface area contributed by atoms with Crippen LogP contribution in [-0.2, 0) is 0 Å². The molecule has 0 amide bonds. The van der Waals surface area contributed by atoms with Crippen LogP contribution in [0.25, 0.3) is 11.0 Å². The standard InChI is InChI=1S/C11H13N3SSi/c1-16(2,3)5-4-8-6-10-11(7-9(8)12)14-15-13-10/h6-7H,12H2,1-3H3. The highest BCUT2D eigenvalue weighted by Crippen LogP contribution is 2.19. The van der Waals surface area contributed by atoms with Crippen LogP contribution >= 0.6 is 11.7 Å².